The first-order chi connectivity index (χ1) is 12.1. The summed E-state index contributed by atoms with van der Waals surface area (Å²) in [6, 6.07) is 8.44. The van der Waals surface area contributed by atoms with Crippen molar-refractivity contribution in [2.75, 3.05) is 18.4 Å². The lowest BCUT2D eigenvalue weighted by atomic mass is 10.1. The van der Waals surface area contributed by atoms with E-state index in [1.807, 2.05) is 30.8 Å². The predicted octanol–water partition coefficient (Wildman–Crippen LogP) is 3.32. The number of aromatic nitrogens is 2. The summed E-state index contributed by atoms with van der Waals surface area (Å²) in [5.74, 6) is 0.201. The summed E-state index contributed by atoms with van der Waals surface area (Å²) in [4.78, 5) is 16.1. The number of hydrogen-bond acceptors (Lipinski definition) is 3. The van der Waals surface area contributed by atoms with E-state index in [-0.39, 0.29) is 11.7 Å². The molecule has 0 bridgehead atoms. The van der Waals surface area contributed by atoms with E-state index in [9.17, 15) is 9.18 Å². The summed E-state index contributed by atoms with van der Waals surface area (Å²) in [6.07, 6.45) is 4.08. The normalized spacial score (nSPS) is 11.0. The van der Waals surface area contributed by atoms with Gasteiger partial charge >= 0.3 is 0 Å². The SMILES string of the molecule is CCNCCC(=O)Nc1ccc(-c2cn(C)c3cc(F)ccc23)cn1. The van der Waals surface area contributed by atoms with Crippen molar-refractivity contribution >= 4 is 22.6 Å². The standard InChI is InChI=1S/C19H21FN4O/c1-3-21-9-8-19(25)23-18-7-4-13(11-22-18)16-12-24(2)17-10-14(20)5-6-15(16)17/h4-7,10-12,21H,3,8-9H2,1-2H3,(H,22,23,25). The molecule has 0 aliphatic carbocycles. The minimum atomic E-state index is -0.256. The van der Waals surface area contributed by atoms with Crippen molar-refractivity contribution in [3.8, 4) is 11.1 Å². The number of carbonyl (C=O) groups is 1. The molecule has 130 valence electrons. The van der Waals surface area contributed by atoms with Gasteiger partial charge in [0.25, 0.3) is 0 Å². The fourth-order valence-corrected chi connectivity index (χ4v) is 2.80. The molecule has 0 fully saturated rings. The maximum atomic E-state index is 13.4. The van der Waals surface area contributed by atoms with Gasteiger partial charge in [-0.15, -0.1) is 0 Å². The van der Waals surface area contributed by atoms with E-state index < -0.39 is 0 Å². The average molecular weight is 340 g/mol. The van der Waals surface area contributed by atoms with Gasteiger partial charge in [-0.1, -0.05) is 6.92 Å². The Morgan fingerprint density at radius 2 is 2.12 bits per heavy atom. The number of anilines is 1. The first kappa shape index (κ1) is 17.1. The second-order valence-corrected chi connectivity index (χ2v) is 5.90. The third-order valence-corrected chi connectivity index (χ3v) is 4.07. The fourth-order valence-electron chi connectivity index (χ4n) is 2.80. The van der Waals surface area contributed by atoms with Crippen molar-refractivity contribution < 1.29 is 9.18 Å². The second-order valence-electron chi connectivity index (χ2n) is 5.90. The van der Waals surface area contributed by atoms with Gasteiger partial charge in [0.2, 0.25) is 5.91 Å². The minimum Gasteiger partial charge on any atom is -0.350 e. The molecule has 1 aromatic carbocycles. The zero-order valence-corrected chi connectivity index (χ0v) is 14.3. The van der Waals surface area contributed by atoms with Gasteiger partial charge in [-0.2, -0.15) is 0 Å². The highest BCUT2D eigenvalue weighted by Gasteiger charge is 2.10. The number of rotatable bonds is 6. The molecule has 2 heterocycles. The second kappa shape index (κ2) is 7.44. The van der Waals surface area contributed by atoms with Crippen molar-refractivity contribution in [1.82, 2.24) is 14.9 Å². The number of hydrogen-bond donors (Lipinski definition) is 2. The van der Waals surface area contributed by atoms with E-state index in [0.717, 1.165) is 28.6 Å². The average Bonchev–Trinajstić information content (AvgIpc) is 2.92. The lowest BCUT2D eigenvalue weighted by Crippen LogP contribution is -2.21. The van der Waals surface area contributed by atoms with Crippen LogP contribution in [-0.2, 0) is 11.8 Å². The quantitative estimate of drug-likeness (QED) is 0.677. The Kier molecular flexibility index (Phi) is 5.09. The lowest BCUT2D eigenvalue weighted by Gasteiger charge is -2.06. The molecule has 2 aromatic heterocycles. The number of nitrogens with zero attached hydrogens (tertiary/aromatic N) is 2. The third-order valence-electron chi connectivity index (χ3n) is 4.07. The van der Waals surface area contributed by atoms with Crippen LogP contribution in [0.5, 0.6) is 0 Å². The highest BCUT2D eigenvalue weighted by molar-refractivity contribution is 5.96. The molecule has 0 aliphatic rings. The number of fused-ring (bicyclic) bond motifs is 1. The van der Waals surface area contributed by atoms with Gasteiger partial charge in [0.05, 0.1) is 5.52 Å². The number of amides is 1. The molecule has 25 heavy (non-hydrogen) atoms. The van der Waals surface area contributed by atoms with Crippen LogP contribution in [0.2, 0.25) is 0 Å². The molecule has 5 nitrogen and oxygen atoms in total. The summed E-state index contributed by atoms with van der Waals surface area (Å²) < 4.78 is 15.3. The molecule has 0 radical (unpaired) electrons. The minimum absolute atomic E-state index is 0.0677. The molecule has 0 saturated carbocycles. The van der Waals surface area contributed by atoms with E-state index in [0.29, 0.717) is 18.8 Å². The zero-order chi connectivity index (χ0) is 17.8. The van der Waals surface area contributed by atoms with Crippen LogP contribution < -0.4 is 10.6 Å². The number of benzene rings is 1. The van der Waals surface area contributed by atoms with Gasteiger partial charge in [-0.05, 0) is 36.9 Å². The maximum Gasteiger partial charge on any atom is 0.226 e. The number of pyridine rings is 1. The fraction of sp³-hybridized carbons (Fsp3) is 0.263. The van der Waals surface area contributed by atoms with Crippen molar-refractivity contribution in [3.63, 3.8) is 0 Å². The summed E-state index contributed by atoms with van der Waals surface area (Å²) in [7, 11) is 1.89. The summed E-state index contributed by atoms with van der Waals surface area (Å²) >= 11 is 0. The van der Waals surface area contributed by atoms with Gasteiger partial charge in [0, 0.05) is 48.9 Å². The molecule has 2 N–H and O–H groups in total. The summed E-state index contributed by atoms with van der Waals surface area (Å²) in [6.45, 7) is 3.49. The topological polar surface area (TPSA) is 59.0 Å². The smallest absolute Gasteiger partial charge is 0.226 e. The predicted molar refractivity (Wildman–Crippen MR) is 97.9 cm³/mol. The summed E-state index contributed by atoms with van der Waals surface area (Å²) in [5.41, 5.74) is 2.73. The Labute approximate surface area is 145 Å². The van der Waals surface area contributed by atoms with Crippen LogP contribution >= 0.6 is 0 Å². The Balaban J connectivity index is 1.78. The van der Waals surface area contributed by atoms with Crippen LogP contribution in [0.1, 0.15) is 13.3 Å². The molecular weight excluding hydrogens is 319 g/mol. The lowest BCUT2D eigenvalue weighted by molar-refractivity contribution is -0.116. The van der Waals surface area contributed by atoms with Crippen LogP contribution in [0, 0.1) is 5.82 Å². The first-order valence-electron chi connectivity index (χ1n) is 8.30. The van der Waals surface area contributed by atoms with Crippen LogP contribution in [0.15, 0.2) is 42.7 Å². The van der Waals surface area contributed by atoms with Crippen molar-refractivity contribution in [2.24, 2.45) is 7.05 Å². The molecule has 0 unspecified atom stereocenters. The Bertz CT molecular complexity index is 886. The molecule has 0 spiro atoms. The van der Waals surface area contributed by atoms with Gasteiger partial charge in [0.1, 0.15) is 11.6 Å². The van der Waals surface area contributed by atoms with E-state index in [4.69, 9.17) is 0 Å². The molecule has 1 amide bonds. The van der Waals surface area contributed by atoms with Gasteiger partial charge in [0.15, 0.2) is 0 Å². The zero-order valence-electron chi connectivity index (χ0n) is 14.3. The van der Waals surface area contributed by atoms with Gasteiger partial charge < -0.3 is 15.2 Å². The Morgan fingerprint density at radius 1 is 1.28 bits per heavy atom. The van der Waals surface area contributed by atoms with Crippen molar-refractivity contribution in [3.05, 3.63) is 48.5 Å². The third kappa shape index (κ3) is 3.85. The number of aryl methyl sites for hydroxylation is 1. The largest absolute Gasteiger partial charge is 0.350 e. The van der Waals surface area contributed by atoms with Gasteiger partial charge in [-0.25, -0.2) is 9.37 Å². The molecule has 3 aromatic rings. The van der Waals surface area contributed by atoms with Crippen LogP contribution in [0.3, 0.4) is 0 Å². The van der Waals surface area contributed by atoms with E-state index >= 15 is 0 Å². The highest BCUT2D eigenvalue weighted by atomic mass is 19.1. The van der Waals surface area contributed by atoms with Crippen LogP contribution in [0.4, 0.5) is 10.2 Å². The number of nitrogens with one attached hydrogen (secondary N) is 2. The molecule has 0 aliphatic heterocycles. The summed E-state index contributed by atoms with van der Waals surface area (Å²) in [5, 5.41) is 6.86. The molecule has 3 rings (SSSR count). The number of carbonyl (C=O) groups excluding carboxylic acids is 1. The van der Waals surface area contributed by atoms with Crippen LogP contribution in [0.25, 0.3) is 22.0 Å². The van der Waals surface area contributed by atoms with Crippen molar-refractivity contribution in [1.29, 1.82) is 0 Å². The molecule has 0 atom stereocenters. The molecule has 6 heteroatoms. The maximum absolute atomic E-state index is 13.4. The van der Waals surface area contributed by atoms with Crippen LogP contribution in [-0.4, -0.2) is 28.5 Å². The van der Waals surface area contributed by atoms with Gasteiger partial charge in [-0.3, -0.25) is 4.79 Å². The Morgan fingerprint density at radius 3 is 2.84 bits per heavy atom. The monoisotopic (exact) mass is 340 g/mol. The van der Waals surface area contributed by atoms with E-state index in [1.54, 1.807) is 18.3 Å². The van der Waals surface area contributed by atoms with E-state index in [1.165, 1.54) is 12.1 Å². The van der Waals surface area contributed by atoms with E-state index in [2.05, 4.69) is 15.6 Å². The first-order valence-corrected chi connectivity index (χ1v) is 8.30. The molecular formula is C19H21FN4O. The number of halogens is 1. The molecule has 0 saturated heterocycles. The van der Waals surface area contributed by atoms with Crippen molar-refractivity contribution in [2.45, 2.75) is 13.3 Å². The highest BCUT2D eigenvalue weighted by Crippen LogP contribution is 2.30. The Hall–Kier alpha value is -2.73.